The Morgan fingerprint density at radius 2 is 1.96 bits per heavy atom. The number of aryl methyl sites for hydroxylation is 1. The average Bonchev–Trinajstić information content (AvgIpc) is 2.67. The van der Waals surface area contributed by atoms with Crippen molar-refractivity contribution in [1.82, 2.24) is 10.2 Å². The van der Waals surface area contributed by atoms with Gasteiger partial charge >= 0.3 is 6.03 Å². The number of benzene rings is 1. The summed E-state index contributed by atoms with van der Waals surface area (Å²) < 4.78 is 5.60. The smallest absolute Gasteiger partial charge is 0.325 e. The van der Waals surface area contributed by atoms with Crippen molar-refractivity contribution >= 4 is 11.9 Å². The van der Waals surface area contributed by atoms with Crippen LogP contribution in [-0.2, 0) is 4.79 Å². The molecule has 2 rings (SSSR count). The summed E-state index contributed by atoms with van der Waals surface area (Å²) in [6.45, 7) is 9.48. The molecule has 0 spiro atoms. The molecular weight excluding hydrogens is 308 g/mol. The highest BCUT2D eigenvalue weighted by molar-refractivity contribution is 6.06. The van der Waals surface area contributed by atoms with E-state index in [0.29, 0.717) is 11.7 Å². The quantitative estimate of drug-likeness (QED) is 0.782. The van der Waals surface area contributed by atoms with Crippen LogP contribution >= 0.6 is 0 Å². The lowest BCUT2D eigenvalue weighted by molar-refractivity contribution is -0.131. The molecule has 1 aliphatic rings. The van der Waals surface area contributed by atoms with E-state index in [2.05, 4.69) is 19.2 Å². The van der Waals surface area contributed by atoms with E-state index in [-0.39, 0.29) is 19.1 Å². The van der Waals surface area contributed by atoms with Crippen molar-refractivity contribution in [2.75, 3.05) is 13.2 Å². The number of carbonyl (C=O) groups is 2. The number of hydrogen-bond donors (Lipinski definition) is 2. The summed E-state index contributed by atoms with van der Waals surface area (Å²) in [7, 11) is 0. The molecule has 1 fully saturated rings. The first-order valence-corrected chi connectivity index (χ1v) is 8.17. The van der Waals surface area contributed by atoms with E-state index in [4.69, 9.17) is 4.74 Å². The SMILES string of the molecule is Cc1cc(OCC(O)CN2C(=O)NC(C)(C)C2=O)ccc1C(C)C. The van der Waals surface area contributed by atoms with Crippen molar-refractivity contribution in [1.29, 1.82) is 0 Å². The normalized spacial score (nSPS) is 18.0. The van der Waals surface area contributed by atoms with Crippen LogP contribution in [0.2, 0.25) is 0 Å². The minimum atomic E-state index is -0.946. The number of urea groups is 1. The van der Waals surface area contributed by atoms with E-state index in [9.17, 15) is 14.7 Å². The van der Waals surface area contributed by atoms with Gasteiger partial charge in [0.2, 0.25) is 0 Å². The van der Waals surface area contributed by atoms with Crippen LogP contribution in [0.3, 0.4) is 0 Å². The van der Waals surface area contributed by atoms with Gasteiger partial charge in [-0.15, -0.1) is 0 Å². The van der Waals surface area contributed by atoms with Crippen molar-refractivity contribution in [3.63, 3.8) is 0 Å². The number of hydrogen-bond acceptors (Lipinski definition) is 4. The molecule has 1 aromatic carbocycles. The van der Waals surface area contributed by atoms with Crippen LogP contribution in [0.25, 0.3) is 0 Å². The monoisotopic (exact) mass is 334 g/mol. The standard InChI is InChI=1S/C18H26N2O4/c1-11(2)15-7-6-14(8-12(15)3)24-10-13(21)9-20-16(22)18(4,5)19-17(20)23/h6-8,11,13,21H,9-10H2,1-5H3,(H,19,23). The maximum Gasteiger partial charge on any atom is 0.325 e. The molecule has 0 bridgehead atoms. The van der Waals surface area contributed by atoms with Crippen LogP contribution in [0.1, 0.15) is 44.7 Å². The van der Waals surface area contributed by atoms with Crippen molar-refractivity contribution in [3.05, 3.63) is 29.3 Å². The Balaban J connectivity index is 1.92. The van der Waals surface area contributed by atoms with Crippen molar-refractivity contribution in [2.24, 2.45) is 0 Å². The Hall–Kier alpha value is -2.08. The maximum absolute atomic E-state index is 12.1. The van der Waals surface area contributed by atoms with Crippen LogP contribution < -0.4 is 10.1 Å². The molecule has 0 aliphatic carbocycles. The zero-order chi connectivity index (χ0) is 18.1. The number of rotatable bonds is 6. The van der Waals surface area contributed by atoms with Crippen LogP contribution in [0.15, 0.2) is 18.2 Å². The lowest BCUT2D eigenvalue weighted by Gasteiger charge is -2.20. The fourth-order valence-electron chi connectivity index (χ4n) is 2.83. The topological polar surface area (TPSA) is 78.9 Å². The van der Waals surface area contributed by atoms with E-state index < -0.39 is 17.7 Å². The third kappa shape index (κ3) is 3.87. The first-order valence-electron chi connectivity index (χ1n) is 8.17. The van der Waals surface area contributed by atoms with Gasteiger partial charge in [-0.3, -0.25) is 9.69 Å². The molecule has 132 valence electrons. The second-order valence-electron chi connectivity index (χ2n) is 7.11. The number of ether oxygens (including phenoxy) is 1. The number of carbonyl (C=O) groups excluding carboxylic acids is 2. The van der Waals surface area contributed by atoms with Gasteiger partial charge in [0.15, 0.2) is 0 Å². The Morgan fingerprint density at radius 3 is 2.46 bits per heavy atom. The molecule has 1 unspecified atom stereocenters. The van der Waals surface area contributed by atoms with Gasteiger partial charge in [-0.2, -0.15) is 0 Å². The Bertz CT molecular complexity index is 640. The zero-order valence-electron chi connectivity index (χ0n) is 14.9. The molecule has 0 saturated carbocycles. The number of β-amino-alcohol motifs (C(OH)–C–C–N with tert-alkyl or cyclic N) is 1. The Labute approximate surface area is 142 Å². The van der Waals surface area contributed by atoms with Gasteiger partial charge in [-0.05, 0) is 49.9 Å². The highest BCUT2D eigenvalue weighted by Gasteiger charge is 2.44. The summed E-state index contributed by atoms with van der Waals surface area (Å²) in [6, 6.07) is 5.33. The lowest BCUT2D eigenvalue weighted by Crippen LogP contribution is -2.42. The van der Waals surface area contributed by atoms with Crippen LogP contribution in [0, 0.1) is 6.92 Å². The molecule has 1 saturated heterocycles. The molecule has 1 atom stereocenters. The summed E-state index contributed by atoms with van der Waals surface area (Å²) in [4.78, 5) is 24.9. The lowest BCUT2D eigenvalue weighted by atomic mass is 9.98. The molecule has 1 aliphatic heterocycles. The van der Waals surface area contributed by atoms with Gasteiger partial charge in [0.1, 0.15) is 24.0 Å². The average molecular weight is 334 g/mol. The Morgan fingerprint density at radius 1 is 1.29 bits per heavy atom. The van der Waals surface area contributed by atoms with Gasteiger partial charge in [-0.1, -0.05) is 19.9 Å². The highest BCUT2D eigenvalue weighted by atomic mass is 16.5. The first kappa shape index (κ1) is 18.3. The molecule has 24 heavy (non-hydrogen) atoms. The molecule has 1 aromatic rings. The van der Waals surface area contributed by atoms with E-state index in [1.54, 1.807) is 13.8 Å². The Kier molecular flexibility index (Phi) is 5.18. The number of amides is 3. The molecule has 3 amide bonds. The third-order valence-corrected chi connectivity index (χ3v) is 4.14. The van der Waals surface area contributed by atoms with Gasteiger partial charge in [0.05, 0.1) is 6.54 Å². The van der Waals surface area contributed by atoms with Gasteiger partial charge in [-0.25, -0.2) is 4.79 Å². The number of nitrogens with one attached hydrogen (secondary N) is 1. The third-order valence-electron chi connectivity index (χ3n) is 4.14. The van der Waals surface area contributed by atoms with Crippen molar-refractivity contribution in [3.8, 4) is 5.75 Å². The minimum absolute atomic E-state index is 0.0119. The van der Waals surface area contributed by atoms with Gasteiger partial charge in [0, 0.05) is 0 Å². The van der Waals surface area contributed by atoms with Crippen molar-refractivity contribution < 1.29 is 19.4 Å². The molecule has 0 radical (unpaired) electrons. The van der Waals surface area contributed by atoms with Crippen LogP contribution in [0.4, 0.5) is 4.79 Å². The fraction of sp³-hybridized carbons (Fsp3) is 0.556. The largest absolute Gasteiger partial charge is 0.491 e. The van der Waals surface area contributed by atoms with E-state index in [0.717, 1.165) is 10.5 Å². The van der Waals surface area contributed by atoms with Gasteiger partial charge < -0.3 is 15.2 Å². The number of aliphatic hydroxyl groups is 1. The molecule has 6 heteroatoms. The first-order chi connectivity index (χ1) is 11.1. The van der Waals surface area contributed by atoms with E-state index in [1.165, 1.54) is 5.56 Å². The molecule has 6 nitrogen and oxygen atoms in total. The van der Waals surface area contributed by atoms with Gasteiger partial charge in [0.25, 0.3) is 5.91 Å². The predicted molar refractivity (Wildman–Crippen MR) is 91.1 cm³/mol. The summed E-state index contributed by atoms with van der Waals surface area (Å²) in [5, 5.41) is 12.7. The second kappa shape index (κ2) is 6.81. The summed E-state index contributed by atoms with van der Waals surface area (Å²) in [5.74, 6) is 0.754. The summed E-state index contributed by atoms with van der Waals surface area (Å²) in [5.41, 5.74) is 1.46. The summed E-state index contributed by atoms with van der Waals surface area (Å²) >= 11 is 0. The van der Waals surface area contributed by atoms with E-state index >= 15 is 0 Å². The maximum atomic E-state index is 12.1. The number of nitrogens with zero attached hydrogens (tertiary/aromatic N) is 1. The number of aliphatic hydroxyl groups excluding tert-OH is 1. The van der Waals surface area contributed by atoms with E-state index in [1.807, 2.05) is 25.1 Å². The van der Waals surface area contributed by atoms with Crippen molar-refractivity contribution in [2.45, 2.75) is 52.2 Å². The summed E-state index contributed by atoms with van der Waals surface area (Å²) in [6.07, 6.45) is -0.946. The molecule has 0 aromatic heterocycles. The van der Waals surface area contributed by atoms with Crippen LogP contribution in [-0.4, -0.2) is 46.7 Å². The van der Waals surface area contributed by atoms with Crippen LogP contribution in [0.5, 0.6) is 5.75 Å². The predicted octanol–water partition coefficient (Wildman–Crippen LogP) is 2.19. The molecule has 2 N–H and O–H groups in total. The minimum Gasteiger partial charge on any atom is -0.491 e. The molecule has 1 heterocycles. The number of imide groups is 1. The molecular formula is C18H26N2O4. The fourth-order valence-corrected chi connectivity index (χ4v) is 2.83. The second-order valence-corrected chi connectivity index (χ2v) is 7.11. The highest BCUT2D eigenvalue weighted by Crippen LogP contribution is 2.23. The zero-order valence-corrected chi connectivity index (χ0v) is 14.9.